The maximum atomic E-state index is 4.85. The highest BCUT2D eigenvalue weighted by Gasteiger charge is 2.11. The molecule has 0 fully saturated rings. The van der Waals surface area contributed by atoms with Crippen LogP contribution in [0.1, 0.15) is 47.9 Å². The van der Waals surface area contributed by atoms with Crippen molar-refractivity contribution in [1.82, 2.24) is 19.3 Å². The molecule has 0 spiro atoms. The number of aromatic nitrogens is 4. The third-order valence-electron chi connectivity index (χ3n) is 5.15. The minimum atomic E-state index is 0.844. The lowest BCUT2D eigenvalue weighted by Crippen LogP contribution is -2.05. The molecule has 0 aromatic carbocycles. The predicted molar refractivity (Wildman–Crippen MR) is 116 cm³/mol. The number of hydrogen-bond donors (Lipinski definition) is 0. The van der Waals surface area contributed by atoms with Crippen LogP contribution in [0.25, 0.3) is 0 Å². The fourth-order valence-electron chi connectivity index (χ4n) is 3.28. The van der Waals surface area contributed by atoms with Crippen molar-refractivity contribution in [3.63, 3.8) is 0 Å². The van der Waals surface area contributed by atoms with Gasteiger partial charge in [0.1, 0.15) is 5.69 Å². The highest BCUT2D eigenvalue weighted by molar-refractivity contribution is 6.02. The van der Waals surface area contributed by atoms with Crippen LogP contribution in [0.2, 0.25) is 0 Å². The summed E-state index contributed by atoms with van der Waals surface area (Å²) in [7, 11) is 3.97. The molecule has 3 aromatic rings. The van der Waals surface area contributed by atoms with E-state index in [1.807, 2.05) is 64.7 Å². The van der Waals surface area contributed by atoms with Crippen LogP contribution in [0.5, 0.6) is 0 Å². The van der Waals surface area contributed by atoms with E-state index in [-0.39, 0.29) is 0 Å². The summed E-state index contributed by atoms with van der Waals surface area (Å²) < 4.78 is 3.95. The van der Waals surface area contributed by atoms with Crippen LogP contribution in [-0.4, -0.2) is 30.8 Å². The van der Waals surface area contributed by atoms with Crippen LogP contribution in [-0.2, 0) is 14.1 Å². The van der Waals surface area contributed by atoms with Crippen LogP contribution >= 0.6 is 0 Å². The molecule has 0 atom stereocenters. The SMILES string of the molecule is CC(=Nc1c(C)cn(C)c1C)c1cccc(C(C)=Nc2c(C)nn(C)c2C)n1. The molecule has 0 aliphatic carbocycles. The Bertz CT molecular complexity index is 1010. The normalized spacial score (nSPS) is 12.7. The zero-order chi connectivity index (χ0) is 20.6. The van der Waals surface area contributed by atoms with Crippen LogP contribution in [0, 0.1) is 27.7 Å². The number of rotatable bonds is 4. The van der Waals surface area contributed by atoms with Crippen LogP contribution in [0.4, 0.5) is 11.4 Å². The maximum Gasteiger partial charge on any atom is 0.107 e. The van der Waals surface area contributed by atoms with Crippen molar-refractivity contribution in [2.75, 3.05) is 0 Å². The third kappa shape index (κ3) is 3.67. The molecule has 0 amide bonds. The van der Waals surface area contributed by atoms with Crippen molar-refractivity contribution in [1.29, 1.82) is 0 Å². The van der Waals surface area contributed by atoms with Gasteiger partial charge in [0.2, 0.25) is 0 Å². The fraction of sp³-hybridized carbons (Fsp3) is 0.364. The molecule has 0 N–H and O–H groups in total. The van der Waals surface area contributed by atoms with Crippen LogP contribution in [0.15, 0.2) is 34.4 Å². The van der Waals surface area contributed by atoms with E-state index in [9.17, 15) is 0 Å². The largest absolute Gasteiger partial charge is 0.352 e. The molecule has 0 unspecified atom stereocenters. The second-order valence-electron chi connectivity index (χ2n) is 7.30. The van der Waals surface area contributed by atoms with Gasteiger partial charge in [-0.1, -0.05) is 6.07 Å². The monoisotopic (exact) mass is 376 g/mol. The Hall–Kier alpha value is -3.02. The molecule has 0 aliphatic heterocycles. The van der Waals surface area contributed by atoms with Crippen LogP contribution < -0.4 is 0 Å². The number of hydrogen-bond acceptors (Lipinski definition) is 4. The number of pyridine rings is 1. The van der Waals surface area contributed by atoms with E-state index in [1.165, 1.54) is 0 Å². The standard InChI is InChI=1S/C22H28N6/c1-13-12-27(7)17(5)21(13)23-14(2)19-10-9-11-20(25-19)15(3)24-22-16(4)26-28(8)18(22)6/h9-12H,1-8H3. The molecule has 0 radical (unpaired) electrons. The van der Waals surface area contributed by atoms with Crippen molar-refractivity contribution < 1.29 is 0 Å². The summed E-state index contributed by atoms with van der Waals surface area (Å²) in [6.07, 6.45) is 2.10. The van der Waals surface area contributed by atoms with Gasteiger partial charge in [-0.25, -0.2) is 15.0 Å². The Balaban J connectivity index is 1.98. The zero-order valence-corrected chi connectivity index (χ0v) is 18.0. The minimum absolute atomic E-state index is 0.844. The van der Waals surface area contributed by atoms with Gasteiger partial charge >= 0.3 is 0 Å². The summed E-state index contributed by atoms with van der Waals surface area (Å²) >= 11 is 0. The van der Waals surface area contributed by atoms with Crippen molar-refractivity contribution in [3.05, 3.63) is 58.4 Å². The average molecular weight is 377 g/mol. The van der Waals surface area contributed by atoms with E-state index in [2.05, 4.69) is 29.7 Å². The van der Waals surface area contributed by atoms with Gasteiger partial charge in [-0.05, 0) is 59.2 Å². The van der Waals surface area contributed by atoms with Crippen molar-refractivity contribution in [2.45, 2.75) is 41.5 Å². The van der Waals surface area contributed by atoms with E-state index in [1.54, 1.807) is 0 Å². The van der Waals surface area contributed by atoms with Gasteiger partial charge in [-0.3, -0.25) is 4.68 Å². The first kappa shape index (κ1) is 19.7. The van der Waals surface area contributed by atoms with E-state index in [4.69, 9.17) is 15.0 Å². The van der Waals surface area contributed by atoms with E-state index < -0.39 is 0 Å². The number of aryl methyl sites for hydroxylation is 4. The molecule has 3 heterocycles. The fourth-order valence-corrected chi connectivity index (χ4v) is 3.28. The van der Waals surface area contributed by atoms with Gasteiger partial charge in [-0.2, -0.15) is 5.10 Å². The molecule has 0 saturated carbocycles. The maximum absolute atomic E-state index is 4.85. The Morgan fingerprint density at radius 1 is 0.857 bits per heavy atom. The lowest BCUT2D eigenvalue weighted by Gasteiger charge is -2.06. The molecule has 3 aromatic heterocycles. The van der Waals surface area contributed by atoms with E-state index in [0.29, 0.717) is 0 Å². The third-order valence-corrected chi connectivity index (χ3v) is 5.15. The molecule has 146 valence electrons. The summed E-state index contributed by atoms with van der Waals surface area (Å²) in [6.45, 7) is 12.1. The first-order chi connectivity index (χ1) is 13.2. The lowest BCUT2D eigenvalue weighted by molar-refractivity contribution is 0.731. The summed E-state index contributed by atoms with van der Waals surface area (Å²) in [4.78, 5) is 14.4. The Morgan fingerprint density at radius 3 is 1.89 bits per heavy atom. The topological polar surface area (TPSA) is 60.4 Å². The van der Waals surface area contributed by atoms with Gasteiger partial charge in [0.15, 0.2) is 0 Å². The van der Waals surface area contributed by atoms with Gasteiger partial charge in [-0.15, -0.1) is 0 Å². The van der Waals surface area contributed by atoms with Gasteiger partial charge < -0.3 is 4.57 Å². The lowest BCUT2D eigenvalue weighted by atomic mass is 10.2. The smallest absolute Gasteiger partial charge is 0.107 e. The molecule has 28 heavy (non-hydrogen) atoms. The highest BCUT2D eigenvalue weighted by Crippen LogP contribution is 2.26. The summed E-state index contributed by atoms with van der Waals surface area (Å²) in [5.74, 6) is 0. The molecule has 0 saturated heterocycles. The quantitative estimate of drug-likeness (QED) is 0.621. The molecular weight excluding hydrogens is 348 g/mol. The molecule has 6 nitrogen and oxygen atoms in total. The molecule has 3 rings (SSSR count). The number of nitrogens with zero attached hydrogens (tertiary/aromatic N) is 6. The molecular formula is C22H28N6. The Morgan fingerprint density at radius 2 is 1.43 bits per heavy atom. The highest BCUT2D eigenvalue weighted by atomic mass is 15.3. The van der Waals surface area contributed by atoms with Gasteiger partial charge in [0.25, 0.3) is 0 Å². The van der Waals surface area contributed by atoms with Crippen LogP contribution in [0.3, 0.4) is 0 Å². The summed E-state index contributed by atoms with van der Waals surface area (Å²) in [6, 6.07) is 5.98. The number of aliphatic imine (C=N–C) groups is 2. The van der Waals surface area contributed by atoms with Gasteiger partial charge in [0.05, 0.1) is 39.9 Å². The minimum Gasteiger partial charge on any atom is -0.352 e. The summed E-state index contributed by atoms with van der Waals surface area (Å²) in [5.41, 5.74) is 9.65. The zero-order valence-electron chi connectivity index (χ0n) is 18.0. The molecule has 6 heteroatoms. The molecule has 0 bridgehead atoms. The van der Waals surface area contributed by atoms with E-state index >= 15 is 0 Å². The predicted octanol–water partition coefficient (Wildman–Crippen LogP) is 4.67. The average Bonchev–Trinajstić information content (AvgIpc) is 3.04. The van der Waals surface area contributed by atoms with Crippen molar-refractivity contribution in [2.24, 2.45) is 24.1 Å². The Kier molecular flexibility index (Phi) is 5.31. The van der Waals surface area contributed by atoms with Crippen molar-refractivity contribution >= 4 is 22.8 Å². The second-order valence-corrected chi connectivity index (χ2v) is 7.30. The summed E-state index contributed by atoms with van der Waals surface area (Å²) in [5, 5.41) is 4.44. The van der Waals surface area contributed by atoms with Gasteiger partial charge in [0, 0.05) is 26.0 Å². The van der Waals surface area contributed by atoms with E-state index in [0.717, 1.165) is 56.8 Å². The molecule has 0 aliphatic rings. The second kappa shape index (κ2) is 7.54. The Labute approximate surface area is 166 Å². The first-order valence-corrected chi connectivity index (χ1v) is 9.40. The van der Waals surface area contributed by atoms with Crippen molar-refractivity contribution in [3.8, 4) is 0 Å². The first-order valence-electron chi connectivity index (χ1n) is 9.40.